The van der Waals surface area contributed by atoms with E-state index in [4.69, 9.17) is 4.74 Å². The molecule has 1 aromatic carbocycles. The predicted octanol–water partition coefficient (Wildman–Crippen LogP) is 2.38. The van der Waals surface area contributed by atoms with Crippen LogP contribution in [0.25, 0.3) is 0 Å². The van der Waals surface area contributed by atoms with Crippen molar-refractivity contribution >= 4 is 27.5 Å². The van der Waals surface area contributed by atoms with Gasteiger partial charge in [0.15, 0.2) is 0 Å². The maximum atomic E-state index is 12.2. The smallest absolute Gasteiger partial charge is 0.241 e. The molecule has 1 fully saturated rings. The zero-order valence-corrected chi connectivity index (χ0v) is 13.0. The Bertz CT molecular complexity index is 467. The van der Waals surface area contributed by atoms with Gasteiger partial charge in [-0.3, -0.25) is 4.79 Å². The van der Waals surface area contributed by atoms with E-state index in [-0.39, 0.29) is 18.1 Å². The van der Waals surface area contributed by atoms with Crippen LogP contribution >= 0.6 is 15.9 Å². The molecule has 0 saturated carbocycles. The number of nitrogens with one attached hydrogen (secondary N) is 2. The Morgan fingerprint density at radius 2 is 2.21 bits per heavy atom. The standard InChI is InChI=1S/C14H19BrN2O2/c1-8-4-9(2)13(11(15)5-8)17-14(18)12-6-10(19-3)7-16-12/h4-5,10,12,16H,6-7H2,1-3H3,(H,17,18). The number of carbonyl (C=O) groups excluding carboxylic acids is 1. The monoisotopic (exact) mass is 326 g/mol. The predicted molar refractivity (Wildman–Crippen MR) is 79.5 cm³/mol. The van der Waals surface area contributed by atoms with Crippen molar-refractivity contribution in [2.45, 2.75) is 32.4 Å². The van der Waals surface area contributed by atoms with Gasteiger partial charge >= 0.3 is 0 Å². The summed E-state index contributed by atoms with van der Waals surface area (Å²) in [6.07, 6.45) is 0.837. The number of amides is 1. The third kappa shape index (κ3) is 3.35. The lowest BCUT2D eigenvalue weighted by Gasteiger charge is -2.15. The first kappa shape index (κ1) is 14.5. The summed E-state index contributed by atoms with van der Waals surface area (Å²) >= 11 is 3.50. The van der Waals surface area contributed by atoms with Gasteiger partial charge in [0.05, 0.1) is 17.8 Å². The topological polar surface area (TPSA) is 50.4 Å². The summed E-state index contributed by atoms with van der Waals surface area (Å²) in [6, 6.07) is 3.88. The number of carbonyl (C=O) groups is 1. The first-order valence-electron chi connectivity index (χ1n) is 6.35. The average Bonchev–Trinajstić information content (AvgIpc) is 2.82. The van der Waals surface area contributed by atoms with Crippen molar-refractivity contribution in [3.8, 4) is 0 Å². The molecule has 2 atom stereocenters. The highest BCUT2D eigenvalue weighted by Crippen LogP contribution is 2.28. The largest absolute Gasteiger partial charge is 0.380 e. The zero-order valence-electron chi connectivity index (χ0n) is 11.4. The Morgan fingerprint density at radius 1 is 1.47 bits per heavy atom. The van der Waals surface area contributed by atoms with E-state index >= 15 is 0 Å². The molecule has 1 aliphatic rings. The summed E-state index contributed by atoms with van der Waals surface area (Å²) in [5.41, 5.74) is 3.07. The lowest BCUT2D eigenvalue weighted by molar-refractivity contribution is -0.118. The van der Waals surface area contributed by atoms with Gasteiger partial charge in [0, 0.05) is 18.1 Å². The van der Waals surface area contributed by atoms with Crippen LogP contribution in [-0.4, -0.2) is 31.7 Å². The number of hydrogen-bond acceptors (Lipinski definition) is 3. The number of halogens is 1. The molecular weight excluding hydrogens is 308 g/mol. The highest BCUT2D eigenvalue weighted by Gasteiger charge is 2.29. The van der Waals surface area contributed by atoms with E-state index < -0.39 is 0 Å². The molecule has 1 saturated heterocycles. The van der Waals surface area contributed by atoms with E-state index in [0.717, 1.165) is 22.3 Å². The second-order valence-corrected chi connectivity index (χ2v) is 5.84. The maximum absolute atomic E-state index is 12.2. The molecule has 2 N–H and O–H groups in total. The summed E-state index contributed by atoms with van der Waals surface area (Å²) in [7, 11) is 1.67. The highest BCUT2D eigenvalue weighted by atomic mass is 79.9. The van der Waals surface area contributed by atoms with E-state index in [1.807, 2.05) is 19.9 Å². The SMILES string of the molecule is COC1CNC(C(=O)Nc2c(C)cc(C)cc2Br)C1. The van der Waals surface area contributed by atoms with Gasteiger partial charge in [-0.25, -0.2) is 0 Å². The van der Waals surface area contributed by atoms with Gasteiger partial charge in [-0.2, -0.15) is 0 Å². The molecule has 5 heteroatoms. The summed E-state index contributed by atoms with van der Waals surface area (Å²) in [4.78, 5) is 12.2. The van der Waals surface area contributed by atoms with Crippen molar-refractivity contribution in [2.24, 2.45) is 0 Å². The van der Waals surface area contributed by atoms with Crippen LogP contribution in [0.5, 0.6) is 0 Å². The highest BCUT2D eigenvalue weighted by molar-refractivity contribution is 9.10. The fraction of sp³-hybridized carbons (Fsp3) is 0.500. The van der Waals surface area contributed by atoms with Crippen LogP contribution in [0.3, 0.4) is 0 Å². The first-order chi connectivity index (χ1) is 9.01. The average molecular weight is 327 g/mol. The Kier molecular flexibility index (Phi) is 4.60. The second kappa shape index (κ2) is 6.03. The third-order valence-electron chi connectivity index (χ3n) is 3.42. The molecule has 0 aliphatic carbocycles. The number of methoxy groups -OCH3 is 1. The van der Waals surface area contributed by atoms with Gasteiger partial charge in [-0.05, 0) is 53.4 Å². The van der Waals surface area contributed by atoms with Gasteiger partial charge in [0.25, 0.3) is 0 Å². The molecule has 1 aliphatic heterocycles. The molecule has 104 valence electrons. The third-order valence-corrected chi connectivity index (χ3v) is 4.05. The van der Waals surface area contributed by atoms with Crippen LogP contribution in [0.15, 0.2) is 16.6 Å². The van der Waals surface area contributed by atoms with Gasteiger partial charge < -0.3 is 15.4 Å². The molecule has 0 bridgehead atoms. The summed E-state index contributed by atoms with van der Waals surface area (Å²) < 4.78 is 6.17. The van der Waals surface area contributed by atoms with Crippen molar-refractivity contribution in [3.63, 3.8) is 0 Å². The molecule has 1 aromatic rings. The van der Waals surface area contributed by atoms with E-state index in [0.29, 0.717) is 6.42 Å². The molecule has 1 heterocycles. The first-order valence-corrected chi connectivity index (χ1v) is 7.14. The Morgan fingerprint density at radius 3 is 2.79 bits per heavy atom. The second-order valence-electron chi connectivity index (χ2n) is 4.98. The summed E-state index contributed by atoms with van der Waals surface area (Å²) in [5, 5.41) is 6.16. The number of hydrogen-bond donors (Lipinski definition) is 2. The van der Waals surface area contributed by atoms with Crippen molar-refractivity contribution in [2.75, 3.05) is 19.0 Å². The van der Waals surface area contributed by atoms with Gasteiger partial charge in [0.1, 0.15) is 0 Å². The fourth-order valence-electron chi connectivity index (χ4n) is 2.37. The molecule has 2 rings (SSSR count). The quantitative estimate of drug-likeness (QED) is 0.896. The van der Waals surface area contributed by atoms with E-state index in [2.05, 4.69) is 32.6 Å². The van der Waals surface area contributed by atoms with Crippen LogP contribution in [0, 0.1) is 13.8 Å². The maximum Gasteiger partial charge on any atom is 0.241 e. The van der Waals surface area contributed by atoms with E-state index in [1.165, 1.54) is 5.56 Å². The minimum absolute atomic E-state index is 0.00722. The van der Waals surface area contributed by atoms with Gasteiger partial charge in [-0.15, -0.1) is 0 Å². The van der Waals surface area contributed by atoms with E-state index in [1.54, 1.807) is 7.11 Å². The molecule has 19 heavy (non-hydrogen) atoms. The lowest BCUT2D eigenvalue weighted by Crippen LogP contribution is -2.35. The van der Waals surface area contributed by atoms with Gasteiger partial charge in [0.2, 0.25) is 5.91 Å². The number of ether oxygens (including phenoxy) is 1. The van der Waals surface area contributed by atoms with Crippen LogP contribution in [-0.2, 0) is 9.53 Å². The molecule has 2 unspecified atom stereocenters. The van der Waals surface area contributed by atoms with Crippen molar-refractivity contribution in [1.29, 1.82) is 0 Å². The molecule has 0 radical (unpaired) electrons. The molecule has 1 amide bonds. The van der Waals surface area contributed by atoms with Crippen molar-refractivity contribution in [3.05, 3.63) is 27.7 Å². The molecular formula is C14H19BrN2O2. The number of benzene rings is 1. The normalized spacial score (nSPS) is 22.5. The Balaban J connectivity index is 2.08. The van der Waals surface area contributed by atoms with Crippen molar-refractivity contribution in [1.82, 2.24) is 5.32 Å². The van der Waals surface area contributed by atoms with Crippen LogP contribution in [0.2, 0.25) is 0 Å². The van der Waals surface area contributed by atoms with Crippen LogP contribution in [0.4, 0.5) is 5.69 Å². The van der Waals surface area contributed by atoms with Crippen molar-refractivity contribution < 1.29 is 9.53 Å². The molecule has 0 aromatic heterocycles. The molecule has 4 nitrogen and oxygen atoms in total. The lowest BCUT2D eigenvalue weighted by atomic mass is 10.1. The number of anilines is 1. The fourth-order valence-corrected chi connectivity index (χ4v) is 3.14. The summed E-state index contributed by atoms with van der Waals surface area (Å²) in [5.74, 6) is -0.00722. The summed E-state index contributed by atoms with van der Waals surface area (Å²) in [6.45, 7) is 4.75. The number of aryl methyl sites for hydroxylation is 2. The van der Waals surface area contributed by atoms with Gasteiger partial charge in [-0.1, -0.05) is 6.07 Å². The van der Waals surface area contributed by atoms with Crippen LogP contribution < -0.4 is 10.6 Å². The number of rotatable bonds is 3. The van der Waals surface area contributed by atoms with Crippen LogP contribution in [0.1, 0.15) is 17.5 Å². The molecule has 0 spiro atoms. The Labute approximate surface area is 122 Å². The minimum Gasteiger partial charge on any atom is -0.380 e. The van der Waals surface area contributed by atoms with E-state index in [9.17, 15) is 4.79 Å². The zero-order chi connectivity index (χ0) is 14.0. The Hall–Kier alpha value is -0.910. The minimum atomic E-state index is -0.183.